The van der Waals surface area contributed by atoms with E-state index in [1.165, 1.54) is 12.1 Å². The van der Waals surface area contributed by atoms with Crippen molar-refractivity contribution in [3.05, 3.63) is 106 Å². The molecule has 0 aliphatic rings. The predicted octanol–water partition coefficient (Wildman–Crippen LogP) is 6.93. The average Bonchev–Trinajstić information content (AvgIpc) is 3.23. The van der Waals surface area contributed by atoms with Crippen LogP contribution in [0.15, 0.2) is 77.4 Å². The van der Waals surface area contributed by atoms with Crippen LogP contribution in [0.3, 0.4) is 0 Å². The smallest absolute Gasteiger partial charge is 0.338 e. The first-order chi connectivity index (χ1) is 15.9. The van der Waals surface area contributed by atoms with Gasteiger partial charge in [0.05, 0.1) is 17.9 Å². The number of halogens is 3. The molecular weight excluding hydrogens is 490 g/mol. The highest BCUT2D eigenvalue weighted by Gasteiger charge is 2.14. The maximum absolute atomic E-state index is 14.4. The van der Waals surface area contributed by atoms with Gasteiger partial charge in [-0.25, -0.2) is 18.6 Å². The highest BCUT2D eigenvalue weighted by molar-refractivity contribution is 9.10. The van der Waals surface area contributed by atoms with Crippen LogP contribution < -0.4 is 0 Å². The number of ether oxygens (including phenoxy) is 1. The number of carbonyl (C=O) groups is 1. The second-order valence-electron chi connectivity index (χ2n) is 7.13. The maximum Gasteiger partial charge on any atom is 0.338 e. The Morgan fingerprint density at radius 3 is 2.42 bits per heavy atom. The maximum atomic E-state index is 14.4. The molecule has 0 atom stereocenters. The molecule has 1 heterocycles. The molecule has 1 aromatic heterocycles. The number of esters is 1. The summed E-state index contributed by atoms with van der Waals surface area (Å²) in [6, 6.07) is 18.0. The van der Waals surface area contributed by atoms with Crippen LogP contribution in [0.25, 0.3) is 29.1 Å². The largest absolute Gasteiger partial charge is 0.462 e. The molecule has 0 spiro atoms. The van der Waals surface area contributed by atoms with Gasteiger partial charge < -0.3 is 4.74 Å². The molecule has 0 saturated heterocycles. The van der Waals surface area contributed by atoms with Crippen molar-refractivity contribution in [2.75, 3.05) is 6.61 Å². The van der Waals surface area contributed by atoms with Gasteiger partial charge in [-0.05, 0) is 67.1 Å². The number of hydrogen-bond donors (Lipinski definition) is 0. The normalized spacial score (nSPS) is 11.2. The van der Waals surface area contributed by atoms with Gasteiger partial charge in [0, 0.05) is 28.0 Å². The molecule has 0 unspecified atom stereocenters. The van der Waals surface area contributed by atoms with Crippen molar-refractivity contribution in [1.29, 1.82) is 0 Å². The van der Waals surface area contributed by atoms with Crippen LogP contribution in [0.5, 0.6) is 0 Å². The lowest BCUT2D eigenvalue weighted by molar-refractivity contribution is 0.0526. The molecule has 0 N–H and O–H groups in total. The molecule has 0 bridgehead atoms. The SMILES string of the molecule is CCOC(=O)c1ccc(-n2cc(-c3ccc(F)cc3F)nc2C=Cc2ccc(Br)cc2)cc1. The van der Waals surface area contributed by atoms with Crippen LogP contribution in [0.4, 0.5) is 8.78 Å². The van der Waals surface area contributed by atoms with E-state index < -0.39 is 17.6 Å². The van der Waals surface area contributed by atoms with E-state index in [1.807, 2.05) is 36.4 Å². The Morgan fingerprint density at radius 1 is 1.03 bits per heavy atom. The Bertz CT molecular complexity index is 1310. The molecule has 0 fully saturated rings. The monoisotopic (exact) mass is 508 g/mol. The number of benzene rings is 3. The van der Waals surface area contributed by atoms with Crippen LogP contribution >= 0.6 is 15.9 Å². The van der Waals surface area contributed by atoms with E-state index in [1.54, 1.807) is 42.0 Å². The fourth-order valence-electron chi connectivity index (χ4n) is 3.26. The summed E-state index contributed by atoms with van der Waals surface area (Å²) in [6.45, 7) is 2.04. The van der Waals surface area contributed by atoms with E-state index in [-0.39, 0.29) is 5.56 Å². The zero-order chi connectivity index (χ0) is 23.4. The number of rotatable bonds is 6. The molecule has 0 saturated carbocycles. The molecule has 4 aromatic rings. The van der Waals surface area contributed by atoms with Crippen LogP contribution in [-0.2, 0) is 4.74 Å². The van der Waals surface area contributed by atoms with Gasteiger partial charge in [0.2, 0.25) is 0 Å². The van der Waals surface area contributed by atoms with Gasteiger partial charge in [0.25, 0.3) is 0 Å². The van der Waals surface area contributed by atoms with Crippen LogP contribution in [0.1, 0.15) is 28.7 Å². The number of aromatic nitrogens is 2. The lowest BCUT2D eigenvalue weighted by Gasteiger charge is -2.07. The first-order valence-corrected chi connectivity index (χ1v) is 11.0. The Hall–Kier alpha value is -3.58. The second kappa shape index (κ2) is 9.92. The van der Waals surface area contributed by atoms with Gasteiger partial charge in [-0.1, -0.05) is 34.1 Å². The van der Waals surface area contributed by atoms with Gasteiger partial charge in [-0.15, -0.1) is 0 Å². The van der Waals surface area contributed by atoms with Gasteiger partial charge in [0.15, 0.2) is 0 Å². The molecule has 0 aliphatic heterocycles. The molecular formula is C26H19BrF2N2O2. The number of hydrogen-bond acceptors (Lipinski definition) is 3. The molecule has 0 aliphatic carbocycles. The molecule has 7 heteroatoms. The van der Waals surface area contributed by atoms with E-state index in [4.69, 9.17) is 4.74 Å². The van der Waals surface area contributed by atoms with Crippen molar-refractivity contribution in [3.8, 4) is 16.9 Å². The first-order valence-electron chi connectivity index (χ1n) is 10.2. The Labute approximate surface area is 198 Å². The summed E-state index contributed by atoms with van der Waals surface area (Å²) in [5.74, 6) is -1.21. The van der Waals surface area contributed by atoms with Crippen LogP contribution in [0, 0.1) is 11.6 Å². The minimum Gasteiger partial charge on any atom is -0.462 e. The van der Waals surface area contributed by atoms with Crippen molar-refractivity contribution < 1.29 is 18.3 Å². The third kappa shape index (κ3) is 5.26. The van der Waals surface area contributed by atoms with E-state index in [2.05, 4.69) is 20.9 Å². The molecule has 33 heavy (non-hydrogen) atoms. The Balaban J connectivity index is 1.76. The average molecular weight is 509 g/mol. The summed E-state index contributed by atoms with van der Waals surface area (Å²) in [5, 5.41) is 0. The topological polar surface area (TPSA) is 44.1 Å². The lowest BCUT2D eigenvalue weighted by atomic mass is 10.1. The second-order valence-corrected chi connectivity index (χ2v) is 8.05. The zero-order valence-corrected chi connectivity index (χ0v) is 19.2. The van der Waals surface area contributed by atoms with E-state index in [9.17, 15) is 13.6 Å². The van der Waals surface area contributed by atoms with E-state index in [0.717, 1.165) is 21.8 Å². The van der Waals surface area contributed by atoms with Gasteiger partial charge >= 0.3 is 5.97 Å². The Kier molecular flexibility index (Phi) is 6.79. The molecule has 4 nitrogen and oxygen atoms in total. The van der Waals surface area contributed by atoms with Gasteiger partial charge in [0.1, 0.15) is 17.5 Å². The minimum atomic E-state index is -0.694. The van der Waals surface area contributed by atoms with Crippen molar-refractivity contribution >= 4 is 34.1 Å². The number of nitrogens with zero attached hydrogens (tertiary/aromatic N) is 2. The highest BCUT2D eigenvalue weighted by atomic mass is 79.9. The van der Waals surface area contributed by atoms with Crippen molar-refractivity contribution in [1.82, 2.24) is 9.55 Å². The van der Waals surface area contributed by atoms with E-state index in [0.29, 0.717) is 23.7 Å². The molecule has 4 rings (SSSR count). The standard InChI is InChI=1S/C26H19BrF2N2O2/c1-2-33-26(32)18-6-11-21(12-7-18)31-16-24(22-13-10-20(28)15-23(22)29)30-25(31)14-5-17-3-8-19(27)9-4-17/h3-16H,2H2,1H3. The zero-order valence-electron chi connectivity index (χ0n) is 17.6. The summed E-state index contributed by atoms with van der Waals surface area (Å²) in [4.78, 5) is 16.5. The predicted molar refractivity (Wildman–Crippen MR) is 128 cm³/mol. The molecule has 0 radical (unpaired) electrons. The molecule has 166 valence electrons. The summed E-state index contributed by atoms with van der Waals surface area (Å²) in [5.41, 5.74) is 2.66. The van der Waals surface area contributed by atoms with Crippen molar-refractivity contribution in [2.24, 2.45) is 0 Å². The summed E-state index contributed by atoms with van der Waals surface area (Å²) in [7, 11) is 0. The number of carbonyl (C=O) groups excluding carboxylic acids is 1. The third-order valence-corrected chi connectivity index (χ3v) is 5.42. The van der Waals surface area contributed by atoms with E-state index >= 15 is 0 Å². The lowest BCUT2D eigenvalue weighted by Crippen LogP contribution is -2.05. The quantitative estimate of drug-likeness (QED) is 0.265. The first kappa shape index (κ1) is 22.6. The van der Waals surface area contributed by atoms with Crippen molar-refractivity contribution in [2.45, 2.75) is 6.92 Å². The number of imidazole rings is 1. The third-order valence-electron chi connectivity index (χ3n) is 4.89. The summed E-state index contributed by atoms with van der Waals surface area (Å²) in [6.07, 6.45) is 5.38. The minimum absolute atomic E-state index is 0.191. The molecule has 3 aromatic carbocycles. The summed E-state index contributed by atoms with van der Waals surface area (Å²) >= 11 is 3.41. The Morgan fingerprint density at radius 2 is 1.76 bits per heavy atom. The highest BCUT2D eigenvalue weighted by Crippen LogP contribution is 2.26. The molecule has 0 amide bonds. The van der Waals surface area contributed by atoms with Gasteiger partial charge in [-0.2, -0.15) is 0 Å². The van der Waals surface area contributed by atoms with Crippen LogP contribution in [0.2, 0.25) is 0 Å². The fraction of sp³-hybridized carbons (Fsp3) is 0.0769. The van der Waals surface area contributed by atoms with Crippen LogP contribution in [-0.4, -0.2) is 22.1 Å². The fourth-order valence-corrected chi connectivity index (χ4v) is 3.53. The summed E-state index contributed by atoms with van der Waals surface area (Å²) < 4.78 is 35.6. The van der Waals surface area contributed by atoms with Crippen molar-refractivity contribution in [3.63, 3.8) is 0 Å². The van der Waals surface area contributed by atoms with Gasteiger partial charge in [-0.3, -0.25) is 4.57 Å².